The summed E-state index contributed by atoms with van der Waals surface area (Å²) in [5, 5.41) is 4.48. The number of piperidine rings is 1. The molecule has 5 rings (SSSR count). The molecule has 0 saturated carbocycles. The Balaban J connectivity index is 1.53. The normalized spacial score (nSPS) is 16.1. The number of primary amides is 1. The summed E-state index contributed by atoms with van der Waals surface area (Å²) >= 11 is 0. The van der Waals surface area contributed by atoms with Crippen molar-refractivity contribution in [3.05, 3.63) is 70.5 Å². The van der Waals surface area contributed by atoms with Crippen molar-refractivity contribution >= 4 is 29.1 Å². The van der Waals surface area contributed by atoms with E-state index in [-0.39, 0.29) is 17.5 Å². The molecule has 2 aliphatic rings. The Morgan fingerprint density at radius 2 is 1.62 bits per heavy atom. The molecule has 0 aliphatic carbocycles. The number of benzene rings is 2. The lowest BCUT2D eigenvalue weighted by Gasteiger charge is -2.30. The van der Waals surface area contributed by atoms with Crippen molar-refractivity contribution in [2.75, 3.05) is 22.9 Å². The highest BCUT2D eigenvalue weighted by atomic mass is 16.2. The molecule has 0 bridgehead atoms. The third kappa shape index (κ3) is 3.65. The van der Waals surface area contributed by atoms with E-state index in [9.17, 15) is 14.4 Å². The number of rotatable bonds is 4. The van der Waals surface area contributed by atoms with E-state index in [0.717, 1.165) is 47.6 Å². The van der Waals surface area contributed by atoms with Crippen LogP contribution in [-0.2, 0) is 11.2 Å². The second-order valence-corrected chi connectivity index (χ2v) is 8.97. The van der Waals surface area contributed by atoms with Gasteiger partial charge in [-0.3, -0.25) is 14.4 Å². The molecule has 2 N–H and O–H groups in total. The van der Waals surface area contributed by atoms with Crippen molar-refractivity contribution in [2.24, 2.45) is 5.73 Å². The third-order valence-electron chi connectivity index (χ3n) is 6.64. The quantitative estimate of drug-likeness (QED) is 0.649. The number of amides is 3. The van der Waals surface area contributed by atoms with Crippen LogP contribution < -0.4 is 15.5 Å². The zero-order chi connectivity index (χ0) is 24.0. The maximum atomic E-state index is 13.7. The largest absolute Gasteiger partial charge is 0.364 e. The lowest BCUT2D eigenvalue weighted by Crippen LogP contribution is -2.39. The molecule has 2 aliphatic heterocycles. The van der Waals surface area contributed by atoms with Gasteiger partial charge in [0.25, 0.3) is 11.8 Å². The van der Waals surface area contributed by atoms with Crippen molar-refractivity contribution in [1.82, 2.24) is 9.78 Å². The summed E-state index contributed by atoms with van der Waals surface area (Å²) in [6.07, 6.45) is 2.96. The Morgan fingerprint density at radius 1 is 0.912 bits per heavy atom. The first kappa shape index (κ1) is 21.9. The van der Waals surface area contributed by atoms with E-state index in [2.05, 4.69) is 5.10 Å². The Labute approximate surface area is 197 Å². The molecule has 0 radical (unpaired) electrons. The molecule has 0 spiro atoms. The molecule has 0 atom stereocenters. The molecule has 174 valence electrons. The van der Waals surface area contributed by atoms with Gasteiger partial charge >= 0.3 is 0 Å². The van der Waals surface area contributed by atoms with E-state index >= 15 is 0 Å². The van der Waals surface area contributed by atoms with Gasteiger partial charge in [-0.15, -0.1) is 0 Å². The Hall–Kier alpha value is -3.94. The molecule has 2 aromatic carbocycles. The van der Waals surface area contributed by atoms with Gasteiger partial charge in [-0.2, -0.15) is 5.10 Å². The van der Waals surface area contributed by atoms with Crippen LogP contribution in [0.25, 0.3) is 5.69 Å². The molecule has 1 aromatic heterocycles. The van der Waals surface area contributed by atoms with E-state index in [1.165, 1.54) is 0 Å². The van der Waals surface area contributed by atoms with Crippen LogP contribution in [0.4, 0.5) is 11.4 Å². The van der Waals surface area contributed by atoms with Crippen LogP contribution in [0.2, 0.25) is 0 Å². The van der Waals surface area contributed by atoms with Crippen molar-refractivity contribution in [1.29, 1.82) is 0 Å². The number of aryl methyl sites for hydroxylation is 2. The smallest absolute Gasteiger partial charge is 0.277 e. The zero-order valence-electron chi connectivity index (χ0n) is 19.4. The minimum Gasteiger partial charge on any atom is -0.364 e. The van der Waals surface area contributed by atoms with Gasteiger partial charge in [0, 0.05) is 36.4 Å². The van der Waals surface area contributed by atoms with Crippen molar-refractivity contribution in [2.45, 2.75) is 39.5 Å². The second-order valence-electron chi connectivity index (χ2n) is 8.97. The fourth-order valence-electron chi connectivity index (χ4n) is 4.82. The van der Waals surface area contributed by atoms with E-state index in [1.807, 2.05) is 56.3 Å². The fraction of sp³-hybridized carbons (Fsp3) is 0.308. The average molecular weight is 458 g/mol. The van der Waals surface area contributed by atoms with E-state index < -0.39 is 5.91 Å². The first-order chi connectivity index (χ1) is 16.3. The number of fused-ring (bicyclic) bond motifs is 1. The zero-order valence-corrected chi connectivity index (χ0v) is 19.4. The molecule has 1 fully saturated rings. The minimum atomic E-state index is -0.642. The number of anilines is 2. The van der Waals surface area contributed by atoms with Crippen LogP contribution in [-0.4, -0.2) is 40.6 Å². The molecule has 0 unspecified atom stereocenters. The molecule has 1 saturated heterocycles. The molecule has 34 heavy (non-hydrogen) atoms. The maximum absolute atomic E-state index is 13.7. The van der Waals surface area contributed by atoms with Crippen LogP contribution in [0, 0.1) is 13.8 Å². The van der Waals surface area contributed by atoms with Gasteiger partial charge in [0.15, 0.2) is 5.69 Å². The summed E-state index contributed by atoms with van der Waals surface area (Å²) < 4.78 is 1.56. The van der Waals surface area contributed by atoms with Crippen LogP contribution in [0.1, 0.15) is 56.9 Å². The SMILES string of the molecule is Cc1ccc(C)c(-n2nc(C(N)=O)c3c2C(=O)N(c2ccc(N4CCCCC4=O)cc2)CC3)c1. The lowest BCUT2D eigenvalue weighted by molar-refractivity contribution is -0.119. The van der Waals surface area contributed by atoms with Crippen molar-refractivity contribution in [3.8, 4) is 5.69 Å². The number of carbonyl (C=O) groups excluding carboxylic acids is 3. The Bertz CT molecular complexity index is 1310. The number of hydrogen-bond acceptors (Lipinski definition) is 4. The van der Waals surface area contributed by atoms with Gasteiger partial charge in [-0.25, -0.2) is 4.68 Å². The molecular formula is C26H27N5O3. The number of aromatic nitrogens is 2. The monoisotopic (exact) mass is 457 g/mol. The van der Waals surface area contributed by atoms with Crippen LogP contribution in [0.5, 0.6) is 0 Å². The summed E-state index contributed by atoms with van der Waals surface area (Å²) in [4.78, 5) is 41.6. The first-order valence-corrected chi connectivity index (χ1v) is 11.6. The summed E-state index contributed by atoms with van der Waals surface area (Å²) in [5.41, 5.74) is 11.0. The van der Waals surface area contributed by atoms with Crippen molar-refractivity contribution in [3.63, 3.8) is 0 Å². The fourth-order valence-corrected chi connectivity index (χ4v) is 4.82. The molecule has 8 nitrogen and oxygen atoms in total. The number of nitrogens with zero attached hydrogens (tertiary/aromatic N) is 4. The van der Waals surface area contributed by atoms with Crippen molar-refractivity contribution < 1.29 is 14.4 Å². The van der Waals surface area contributed by atoms with Gasteiger partial charge in [-0.05, 0) is 74.6 Å². The lowest BCUT2D eigenvalue weighted by atomic mass is 10.0. The van der Waals surface area contributed by atoms with E-state index in [1.54, 1.807) is 14.5 Å². The van der Waals surface area contributed by atoms with Gasteiger partial charge in [-0.1, -0.05) is 12.1 Å². The van der Waals surface area contributed by atoms with E-state index in [0.29, 0.717) is 30.6 Å². The second kappa shape index (κ2) is 8.44. The number of hydrogen-bond donors (Lipinski definition) is 1. The van der Waals surface area contributed by atoms with E-state index in [4.69, 9.17) is 5.73 Å². The average Bonchev–Trinajstić information content (AvgIpc) is 3.22. The predicted octanol–water partition coefficient (Wildman–Crippen LogP) is 3.31. The molecule has 3 heterocycles. The van der Waals surface area contributed by atoms with Crippen LogP contribution >= 0.6 is 0 Å². The highest BCUT2D eigenvalue weighted by Crippen LogP contribution is 2.31. The van der Waals surface area contributed by atoms with Gasteiger partial charge in [0.2, 0.25) is 5.91 Å². The number of carbonyl (C=O) groups is 3. The van der Waals surface area contributed by atoms with Gasteiger partial charge < -0.3 is 15.5 Å². The molecule has 3 aromatic rings. The minimum absolute atomic E-state index is 0.133. The predicted molar refractivity (Wildman–Crippen MR) is 130 cm³/mol. The molecule has 8 heteroatoms. The number of nitrogens with two attached hydrogens (primary N) is 1. The van der Waals surface area contributed by atoms with Gasteiger partial charge in [0.05, 0.1) is 5.69 Å². The molecular weight excluding hydrogens is 430 g/mol. The summed E-state index contributed by atoms with van der Waals surface area (Å²) in [6.45, 7) is 5.04. The summed E-state index contributed by atoms with van der Waals surface area (Å²) in [5.74, 6) is -0.741. The van der Waals surface area contributed by atoms with Crippen LogP contribution in [0.15, 0.2) is 42.5 Å². The maximum Gasteiger partial charge on any atom is 0.277 e. The highest BCUT2D eigenvalue weighted by Gasteiger charge is 2.35. The van der Waals surface area contributed by atoms with Gasteiger partial charge in [0.1, 0.15) is 5.69 Å². The highest BCUT2D eigenvalue weighted by molar-refractivity contribution is 6.09. The molecule has 3 amide bonds. The topological polar surface area (TPSA) is 102 Å². The Kier molecular flexibility index (Phi) is 5.43. The van der Waals surface area contributed by atoms with Crippen LogP contribution in [0.3, 0.4) is 0 Å². The first-order valence-electron chi connectivity index (χ1n) is 11.6. The Morgan fingerprint density at radius 3 is 2.29 bits per heavy atom. The standard InChI is InChI=1S/C26H27N5O3/c1-16-6-7-17(2)21(15-16)31-24-20(23(28-31)25(27)33)12-14-30(26(24)34)19-10-8-18(9-11-19)29-13-4-3-5-22(29)32/h6-11,15H,3-5,12-14H2,1-2H3,(H2,27,33). The summed E-state index contributed by atoms with van der Waals surface area (Å²) in [7, 11) is 0. The summed E-state index contributed by atoms with van der Waals surface area (Å²) in [6, 6.07) is 13.4. The third-order valence-corrected chi connectivity index (χ3v) is 6.64.